The van der Waals surface area contributed by atoms with Crippen molar-refractivity contribution >= 4 is 11.8 Å². The summed E-state index contributed by atoms with van der Waals surface area (Å²) in [4.78, 5) is 2.78. The summed E-state index contributed by atoms with van der Waals surface area (Å²) in [6.07, 6.45) is 7.10. The summed E-state index contributed by atoms with van der Waals surface area (Å²) >= 11 is 2.11. The normalized spacial score (nSPS) is 38.8. The molecule has 2 atom stereocenters. The summed E-state index contributed by atoms with van der Waals surface area (Å²) in [6, 6.07) is 0. The van der Waals surface area contributed by atoms with Crippen LogP contribution in [0.4, 0.5) is 0 Å². The largest absolute Gasteiger partial charge is 0.329 e. The van der Waals surface area contributed by atoms with E-state index in [0.29, 0.717) is 5.54 Å². The van der Waals surface area contributed by atoms with Gasteiger partial charge >= 0.3 is 0 Å². The van der Waals surface area contributed by atoms with Crippen molar-refractivity contribution in [2.75, 3.05) is 31.1 Å². The maximum atomic E-state index is 6.12. The highest BCUT2D eigenvalue weighted by Crippen LogP contribution is 2.43. The van der Waals surface area contributed by atoms with Gasteiger partial charge in [0.05, 0.1) is 0 Å². The molecule has 0 spiro atoms. The summed E-state index contributed by atoms with van der Waals surface area (Å²) in [7, 11) is 0. The molecule has 3 fully saturated rings. The van der Waals surface area contributed by atoms with E-state index in [4.69, 9.17) is 5.73 Å². The minimum Gasteiger partial charge on any atom is -0.329 e. The lowest BCUT2D eigenvalue weighted by molar-refractivity contribution is 0.103. The molecule has 2 N–H and O–H groups in total. The smallest absolute Gasteiger partial charge is 0.0347 e. The van der Waals surface area contributed by atoms with Crippen molar-refractivity contribution in [1.82, 2.24) is 4.90 Å². The molecule has 92 valence electrons. The summed E-state index contributed by atoms with van der Waals surface area (Å²) in [5, 5.41) is 0. The van der Waals surface area contributed by atoms with E-state index in [0.717, 1.165) is 18.4 Å². The van der Waals surface area contributed by atoms with E-state index in [9.17, 15) is 0 Å². The number of likely N-dealkylation sites (tertiary alicyclic amines) is 1. The van der Waals surface area contributed by atoms with Gasteiger partial charge in [0.2, 0.25) is 0 Å². The summed E-state index contributed by atoms with van der Waals surface area (Å²) < 4.78 is 0. The molecule has 0 aromatic carbocycles. The highest BCUT2D eigenvalue weighted by molar-refractivity contribution is 7.99. The van der Waals surface area contributed by atoms with E-state index in [1.807, 2.05) is 0 Å². The Bertz CT molecular complexity index is 238. The Morgan fingerprint density at radius 3 is 2.31 bits per heavy atom. The molecule has 0 aromatic rings. The number of hydrogen-bond acceptors (Lipinski definition) is 3. The molecule has 3 aliphatic rings. The van der Waals surface area contributed by atoms with Crippen molar-refractivity contribution in [3.8, 4) is 0 Å². The maximum absolute atomic E-state index is 6.12. The van der Waals surface area contributed by atoms with Gasteiger partial charge in [-0.15, -0.1) is 0 Å². The van der Waals surface area contributed by atoms with E-state index < -0.39 is 0 Å². The Kier molecular flexibility index (Phi) is 3.20. The Hall–Kier alpha value is 0.270. The molecule has 0 radical (unpaired) electrons. The molecule has 0 bridgehead atoms. The molecule has 3 rings (SSSR count). The van der Waals surface area contributed by atoms with Gasteiger partial charge in [0.15, 0.2) is 0 Å². The zero-order chi connectivity index (χ0) is 11.0. The fourth-order valence-electron chi connectivity index (χ4n) is 4.02. The number of nitrogens with zero attached hydrogens (tertiary/aromatic N) is 1. The Morgan fingerprint density at radius 2 is 1.75 bits per heavy atom. The first-order valence-electron chi connectivity index (χ1n) is 6.87. The second-order valence-electron chi connectivity index (χ2n) is 5.90. The van der Waals surface area contributed by atoms with Gasteiger partial charge in [-0.05, 0) is 49.0 Å². The van der Waals surface area contributed by atoms with Crippen LogP contribution >= 0.6 is 11.8 Å². The molecule has 1 saturated carbocycles. The average Bonchev–Trinajstić information content (AvgIpc) is 2.90. The highest BCUT2D eigenvalue weighted by atomic mass is 32.2. The maximum Gasteiger partial charge on any atom is 0.0347 e. The van der Waals surface area contributed by atoms with Gasteiger partial charge in [0.1, 0.15) is 0 Å². The fraction of sp³-hybridized carbons (Fsp3) is 1.00. The number of fused-ring (bicyclic) bond motifs is 1. The minimum atomic E-state index is 0.385. The van der Waals surface area contributed by atoms with Crippen molar-refractivity contribution in [1.29, 1.82) is 0 Å². The highest BCUT2D eigenvalue weighted by Gasteiger charge is 2.45. The second-order valence-corrected chi connectivity index (χ2v) is 7.12. The Morgan fingerprint density at radius 1 is 1.12 bits per heavy atom. The molecule has 2 nitrogen and oxygen atoms in total. The molecule has 2 saturated heterocycles. The van der Waals surface area contributed by atoms with E-state index in [1.54, 1.807) is 0 Å². The predicted octanol–water partition coefficient (Wildman–Crippen LogP) is 1.94. The molecule has 1 aliphatic carbocycles. The monoisotopic (exact) mass is 240 g/mol. The summed E-state index contributed by atoms with van der Waals surface area (Å²) in [6.45, 7) is 3.59. The Balaban J connectivity index is 1.71. The van der Waals surface area contributed by atoms with E-state index in [-0.39, 0.29) is 0 Å². The van der Waals surface area contributed by atoms with E-state index >= 15 is 0 Å². The van der Waals surface area contributed by atoms with Crippen molar-refractivity contribution in [2.45, 2.75) is 37.6 Å². The zero-order valence-corrected chi connectivity index (χ0v) is 11.0. The molecular formula is C13H24N2S. The van der Waals surface area contributed by atoms with Gasteiger partial charge < -0.3 is 5.73 Å². The number of hydrogen-bond donors (Lipinski definition) is 1. The first-order valence-corrected chi connectivity index (χ1v) is 8.02. The van der Waals surface area contributed by atoms with Gasteiger partial charge in [0.25, 0.3) is 0 Å². The van der Waals surface area contributed by atoms with E-state index in [1.165, 1.54) is 56.7 Å². The second kappa shape index (κ2) is 4.51. The summed E-state index contributed by atoms with van der Waals surface area (Å²) in [5.74, 6) is 4.67. The first kappa shape index (κ1) is 11.4. The third-order valence-electron chi connectivity index (χ3n) is 5.20. The topological polar surface area (TPSA) is 29.3 Å². The average molecular weight is 240 g/mol. The molecule has 2 unspecified atom stereocenters. The number of rotatable bonds is 2. The minimum absolute atomic E-state index is 0.385. The van der Waals surface area contributed by atoms with Crippen LogP contribution in [0, 0.1) is 11.8 Å². The van der Waals surface area contributed by atoms with Crippen LogP contribution in [0.1, 0.15) is 32.1 Å². The van der Waals surface area contributed by atoms with Gasteiger partial charge in [-0.3, -0.25) is 4.90 Å². The van der Waals surface area contributed by atoms with Crippen molar-refractivity contribution in [3.63, 3.8) is 0 Å². The predicted molar refractivity (Wildman–Crippen MR) is 70.7 cm³/mol. The van der Waals surface area contributed by atoms with Crippen LogP contribution in [0.5, 0.6) is 0 Å². The lowest BCUT2D eigenvalue weighted by Gasteiger charge is -2.44. The zero-order valence-electron chi connectivity index (χ0n) is 10.2. The van der Waals surface area contributed by atoms with Gasteiger partial charge in [-0.2, -0.15) is 11.8 Å². The van der Waals surface area contributed by atoms with Crippen LogP contribution in [0.2, 0.25) is 0 Å². The van der Waals surface area contributed by atoms with Crippen LogP contribution in [0.3, 0.4) is 0 Å². The first-order chi connectivity index (χ1) is 7.84. The van der Waals surface area contributed by atoms with E-state index in [2.05, 4.69) is 16.7 Å². The molecule has 2 heterocycles. The quantitative estimate of drug-likeness (QED) is 0.800. The lowest BCUT2D eigenvalue weighted by Crippen LogP contribution is -2.55. The third-order valence-corrected chi connectivity index (χ3v) is 6.19. The standard InChI is InChI=1S/C13H24N2S/c14-10-13(4-6-16-7-5-13)15-8-11-2-1-3-12(11)9-15/h11-12H,1-10,14H2. The van der Waals surface area contributed by atoms with Gasteiger partial charge in [-0.1, -0.05) is 6.42 Å². The molecule has 16 heavy (non-hydrogen) atoms. The van der Waals surface area contributed by atoms with Crippen LogP contribution in [-0.2, 0) is 0 Å². The fourth-order valence-corrected chi connectivity index (χ4v) is 5.28. The SMILES string of the molecule is NCC1(N2CC3CCCC3C2)CCSCC1. The van der Waals surface area contributed by atoms with Crippen LogP contribution in [0.15, 0.2) is 0 Å². The van der Waals surface area contributed by atoms with Crippen LogP contribution < -0.4 is 5.73 Å². The Labute approximate surface area is 103 Å². The molecule has 0 amide bonds. The van der Waals surface area contributed by atoms with Gasteiger partial charge in [0, 0.05) is 25.2 Å². The number of thioether (sulfide) groups is 1. The third kappa shape index (κ3) is 1.81. The lowest BCUT2D eigenvalue weighted by atomic mass is 9.90. The van der Waals surface area contributed by atoms with Crippen LogP contribution in [0.25, 0.3) is 0 Å². The number of nitrogens with two attached hydrogens (primary N) is 1. The molecule has 2 aliphatic heterocycles. The van der Waals surface area contributed by atoms with Crippen molar-refractivity contribution in [2.24, 2.45) is 17.6 Å². The molecule has 3 heteroatoms. The molecule has 0 aromatic heterocycles. The summed E-state index contributed by atoms with van der Waals surface area (Å²) in [5.41, 5.74) is 6.50. The van der Waals surface area contributed by atoms with Crippen molar-refractivity contribution in [3.05, 3.63) is 0 Å². The van der Waals surface area contributed by atoms with Gasteiger partial charge in [-0.25, -0.2) is 0 Å². The molecular weight excluding hydrogens is 216 g/mol. The van der Waals surface area contributed by atoms with Crippen LogP contribution in [-0.4, -0.2) is 41.6 Å². The van der Waals surface area contributed by atoms with Crippen molar-refractivity contribution < 1.29 is 0 Å².